The van der Waals surface area contributed by atoms with Crippen molar-refractivity contribution in [3.05, 3.63) is 0 Å². The fourth-order valence-electron chi connectivity index (χ4n) is 3.04. The monoisotopic (exact) mass is 297 g/mol. The van der Waals surface area contributed by atoms with Crippen molar-refractivity contribution in [2.24, 2.45) is 0 Å². The second-order valence-electron chi connectivity index (χ2n) is 5.78. The molecule has 2 aliphatic rings. The Hall–Kier alpha value is -1.63. The largest absolute Gasteiger partial charge is 0.481 e. The zero-order valence-corrected chi connectivity index (χ0v) is 12.1. The zero-order valence-electron chi connectivity index (χ0n) is 12.1. The number of amides is 2. The number of nitrogens with one attached hydrogen (secondary N) is 2. The van der Waals surface area contributed by atoms with Crippen LogP contribution in [0.15, 0.2) is 0 Å². The van der Waals surface area contributed by atoms with E-state index in [9.17, 15) is 14.4 Å². The zero-order chi connectivity index (χ0) is 15.2. The summed E-state index contributed by atoms with van der Waals surface area (Å²) in [6.07, 6.45) is 5.23. The van der Waals surface area contributed by atoms with Crippen LogP contribution >= 0.6 is 0 Å². The van der Waals surface area contributed by atoms with E-state index in [4.69, 9.17) is 5.11 Å². The lowest BCUT2D eigenvalue weighted by Gasteiger charge is -2.34. The molecule has 0 aromatic heterocycles. The number of carboxylic acids is 1. The summed E-state index contributed by atoms with van der Waals surface area (Å²) in [5.41, 5.74) is 0. The second kappa shape index (κ2) is 7.40. The van der Waals surface area contributed by atoms with Crippen molar-refractivity contribution in [1.29, 1.82) is 0 Å². The molecular weight excluding hydrogens is 274 g/mol. The molecule has 0 radical (unpaired) electrons. The first-order valence-electron chi connectivity index (χ1n) is 7.59. The number of carbonyl (C=O) groups excluding carboxylic acids is 2. The molecule has 1 saturated heterocycles. The van der Waals surface area contributed by atoms with Gasteiger partial charge in [-0.1, -0.05) is 19.3 Å². The van der Waals surface area contributed by atoms with Gasteiger partial charge in [0.05, 0.1) is 13.0 Å². The van der Waals surface area contributed by atoms with Gasteiger partial charge in [0.15, 0.2) is 0 Å². The van der Waals surface area contributed by atoms with Crippen LogP contribution in [0, 0.1) is 0 Å². The van der Waals surface area contributed by atoms with Gasteiger partial charge in [-0.25, -0.2) is 0 Å². The summed E-state index contributed by atoms with van der Waals surface area (Å²) in [5.74, 6) is -1.46. The summed E-state index contributed by atoms with van der Waals surface area (Å²) in [7, 11) is 0. The number of piperazine rings is 1. The molecular formula is C14H23N3O4. The van der Waals surface area contributed by atoms with E-state index in [2.05, 4.69) is 10.6 Å². The fraction of sp³-hybridized carbons (Fsp3) is 0.786. The molecule has 7 nitrogen and oxygen atoms in total. The topological polar surface area (TPSA) is 98.7 Å². The number of nitrogens with zero attached hydrogens (tertiary/aromatic N) is 1. The Balaban J connectivity index is 1.87. The Labute approximate surface area is 124 Å². The van der Waals surface area contributed by atoms with E-state index in [0.717, 1.165) is 25.7 Å². The molecule has 0 bridgehead atoms. The molecule has 2 fully saturated rings. The lowest BCUT2D eigenvalue weighted by Crippen LogP contribution is -2.58. The maximum Gasteiger partial charge on any atom is 0.305 e. The van der Waals surface area contributed by atoms with Crippen LogP contribution in [0.2, 0.25) is 0 Å². The molecule has 1 aliphatic carbocycles. The summed E-state index contributed by atoms with van der Waals surface area (Å²) in [4.78, 5) is 36.4. The van der Waals surface area contributed by atoms with E-state index in [0.29, 0.717) is 13.1 Å². The minimum Gasteiger partial charge on any atom is -0.481 e. The third-order valence-corrected chi connectivity index (χ3v) is 4.13. The van der Waals surface area contributed by atoms with Gasteiger partial charge in [0.1, 0.15) is 6.04 Å². The van der Waals surface area contributed by atoms with E-state index in [1.54, 1.807) is 4.90 Å². The predicted octanol–water partition coefficient (Wildman–Crippen LogP) is -0.290. The predicted molar refractivity (Wildman–Crippen MR) is 75.6 cm³/mol. The Bertz CT molecular complexity index is 407. The van der Waals surface area contributed by atoms with E-state index in [-0.39, 0.29) is 30.8 Å². The average molecular weight is 297 g/mol. The number of rotatable bonds is 5. The van der Waals surface area contributed by atoms with Gasteiger partial charge < -0.3 is 15.7 Å². The van der Waals surface area contributed by atoms with Crippen molar-refractivity contribution in [2.75, 3.05) is 19.6 Å². The highest BCUT2D eigenvalue weighted by atomic mass is 16.4. The van der Waals surface area contributed by atoms with Gasteiger partial charge in [0, 0.05) is 19.1 Å². The molecule has 118 valence electrons. The molecule has 7 heteroatoms. The SMILES string of the molecule is O=C(O)CC1C(=O)NCCN1CC(=O)NC1CCCCC1. The van der Waals surface area contributed by atoms with E-state index in [1.165, 1.54) is 6.42 Å². The molecule has 0 spiro atoms. The number of hydrogen-bond donors (Lipinski definition) is 3. The Kier molecular flexibility index (Phi) is 5.55. The molecule has 3 N–H and O–H groups in total. The Morgan fingerprint density at radius 3 is 2.67 bits per heavy atom. The number of carbonyl (C=O) groups is 3. The average Bonchev–Trinajstić information content (AvgIpc) is 2.43. The molecule has 1 saturated carbocycles. The van der Waals surface area contributed by atoms with Crippen molar-refractivity contribution >= 4 is 17.8 Å². The second-order valence-corrected chi connectivity index (χ2v) is 5.78. The highest BCUT2D eigenvalue weighted by molar-refractivity contribution is 5.88. The normalized spacial score (nSPS) is 24.4. The van der Waals surface area contributed by atoms with Crippen LogP contribution in [0.5, 0.6) is 0 Å². The van der Waals surface area contributed by atoms with Crippen molar-refractivity contribution in [3.63, 3.8) is 0 Å². The van der Waals surface area contributed by atoms with Crippen LogP contribution in [-0.2, 0) is 14.4 Å². The van der Waals surface area contributed by atoms with E-state index >= 15 is 0 Å². The van der Waals surface area contributed by atoms with Crippen LogP contribution in [0.3, 0.4) is 0 Å². The van der Waals surface area contributed by atoms with Crippen molar-refractivity contribution in [2.45, 2.75) is 50.6 Å². The van der Waals surface area contributed by atoms with Crippen LogP contribution in [0.4, 0.5) is 0 Å². The molecule has 1 heterocycles. The lowest BCUT2D eigenvalue weighted by molar-refractivity contribution is -0.144. The summed E-state index contributed by atoms with van der Waals surface area (Å²) in [5, 5.41) is 14.5. The van der Waals surface area contributed by atoms with Gasteiger partial charge in [-0.15, -0.1) is 0 Å². The van der Waals surface area contributed by atoms with E-state index < -0.39 is 12.0 Å². The van der Waals surface area contributed by atoms with Crippen LogP contribution < -0.4 is 10.6 Å². The fourth-order valence-corrected chi connectivity index (χ4v) is 3.04. The first kappa shape index (κ1) is 15.8. The molecule has 2 amide bonds. The molecule has 1 unspecified atom stereocenters. The van der Waals surface area contributed by atoms with Gasteiger partial charge in [0.2, 0.25) is 11.8 Å². The van der Waals surface area contributed by atoms with Gasteiger partial charge in [-0.2, -0.15) is 0 Å². The van der Waals surface area contributed by atoms with Crippen molar-refractivity contribution < 1.29 is 19.5 Å². The van der Waals surface area contributed by atoms with Crippen LogP contribution in [-0.4, -0.2) is 59.5 Å². The molecule has 0 aromatic carbocycles. The lowest BCUT2D eigenvalue weighted by atomic mass is 9.95. The highest BCUT2D eigenvalue weighted by Gasteiger charge is 2.32. The van der Waals surface area contributed by atoms with Crippen LogP contribution in [0.25, 0.3) is 0 Å². The standard InChI is InChI=1S/C14H23N3O4/c18-12(16-10-4-2-1-3-5-10)9-17-7-6-15-14(21)11(17)8-13(19)20/h10-11H,1-9H2,(H,15,21)(H,16,18)(H,19,20). The third-order valence-electron chi connectivity index (χ3n) is 4.13. The molecule has 1 atom stereocenters. The number of carboxylic acid groups (broad SMARTS) is 1. The molecule has 21 heavy (non-hydrogen) atoms. The maximum atomic E-state index is 12.1. The van der Waals surface area contributed by atoms with Crippen molar-refractivity contribution in [3.8, 4) is 0 Å². The van der Waals surface area contributed by atoms with Crippen molar-refractivity contribution in [1.82, 2.24) is 15.5 Å². The minimum atomic E-state index is -1.03. The van der Waals surface area contributed by atoms with Gasteiger partial charge in [-0.3, -0.25) is 19.3 Å². The quantitative estimate of drug-likeness (QED) is 0.648. The van der Waals surface area contributed by atoms with Gasteiger partial charge >= 0.3 is 5.97 Å². The van der Waals surface area contributed by atoms with Crippen LogP contribution in [0.1, 0.15) is 38.5 Å². The van der Waals surface area contributed by atoms with Gasteiger partial charge in [-0.05, 0) is 12.8 Å². The molecule has 1 aliphatic heterocycles. The minimum absolute atomic E-state index is 0.0852. The number of hydrogen-bond acceptors (Lipinski definition) is 4. The first-order valence-corrected chi connectivity index (χ1v) is 7.59. The molecule has 2 rings (SSSR count). The summed E-state index contributed by atoms with van der Waals surface area (Å²) in [6.45, 7) is 1.04. The maximum absolute atomic E-state index is 12.1. The Morgan fingerprint density at radius 2 is 2.00 bits per heavy atom. The third kappa shape index (κ3) is 4.70. The molecule has 0 aromatic rings. The summed E-state index contributed by atoms with van der Waals surface area (Å²) >= 11 is 0. The Morgan fingerprint density at radius 1 is 1.29 bits per heavy atom. The summed E-state index contributed by atoms with van der Waals surface area (Å²) in [6, 6.07) is -0.531. The summed E-state index contributed by atoms with van der Waals surface area (Å²) < 4.78 is 0. The number of aliphatic carboxylic acids is 1. The smallest absolute Gasteiger partial charge is 0.305 e. The first-order chi connectivity index (χ1) is 10.1. The van der Waals surface area contributed by atoms with Gasteiger partial charge in [0.25, 0.3) is 0 Å². The van der Waals surface area contributed by atoms with E-state index in [1.807, 2.05) is 0 Å². The highest BCUT2D eigenvalue weighted by Crippen LogP contribution is 2.17.